The summed E-state index contributed by atoms with van der Waals surface area (Å²) in [6, 6.07) is 0. The molecule has 58 valence electrons. The Hall–Kier alpha value is -0.120. The van der Waals surface area contributed by atoms with E-state index >= 15 is 0 Å². The number of hydrogen-bond donors (Lipinski definition) is 1. The first-order chi connectivity index (χ1) is 4.84. The van der Waals surface area contributed by atoms with Crippen molar-refractivity contribution in [3.05, 3.63) is 0 Å². The van der Waals surface area contributed by atoms with Crippen LogP contribution in [0.3, 0.4) is 0 Å². The third-order valence-electron chi connectivity index (χ3n) is 2.06. The summed E-state index contributed by atoms with van der Waals surface area (Å²) in [4.78, 5) is 0. The van der Waals surface area contributed by atoms with E-state index in [1.54, 1.807) is 0 Å². The van der Waals surface area contributed by atoms with Crippen molar-refractivity contribution in [2.45, 2.75) is 31.2 Å². The molecule has 2 saturated heterocycles. The van der Waals surface area contributed by atoms with E-state index < -0.39 is 0 Å². The molecule has 2 fully saturated rings. The lowest BCUT2D eigenvalue weighted by atomic mass is 10.0. The maximum atomic E-state index is 9.28. The van der Waals surface area contributed by atoms with E-state index in [0.717, 1.165) is 12.8 Å². The van der Waals surface area contributed by atoms with Gasteiger partial charge in [-0.3, -0.25) is 0 Å². The van der Waals surface area contributed by atoms with Gasteiger partial charge in [0.1, 0.15) is 0 Å². The summed E-state index contributed by atoms with van der Waals surface area (Å²) in [6.45, 7) is 1.32. The zero-order valence-corrected chi connectivity index (χ0v) is 5.82. The Morgan fingerprint density at radius 3 is 2.30 bits per heavy atom. The molecular formula is C7H12O3. The highest BCUT2D eigenvalue weighted by Gasteiger charge is 2.31. The predicted molar refractivity (Wildman–Crippen MR) is 34.7 cm³/mol. The highest BCUT2D eigenvalue weighted by atomic mass is 16.6. The summed E-state index contributed by atoms with van der Waals surface area (Å²) in [5.41, 5.74) is 0. The predicted octanol–water partition coefficient (Wildman–Crippen LogP) is -0.0749. The van der Waals surface area contributed by atoms with Gasteiger partial charge in [-0.05, 0) is 0 Å². The molecule has 0 aromatic heterocycles. The average molecular weight is 144 g/mol. The lowest BCUT2D eigenvalue weighted by molar-refractivity contribution is -0.184. The van der Waals surface area contributed by atoms with Crippen molar-refractivity contribution in [3.63, 3.8) is 0 Å². The number of aliphatic hydroxyl groups is 1. The van der Waals surface area contributed by atoms with Crippen LogP contribution in [-0.2, 0) is 9.47 Å². The van der Waals surface area contributed by atoms with Gasteiger partial charge in [0, 0.05) is 12.8 Å². The Morgan fingerprint density at radius 1 is 1.10 bits per heavy atom. The van der Waals surface area contributed by atoms with E-state index in [1.165, 1.54) is 0 Å². The molecule has 2 rings (SSSR count). The Bertz CT molecular complexity index is 110. The summed E-state index contributed by atoms with van der Waals surface area (Å²) in [5.74, 6) is 0. The van der Waals surface area contributed by atoms with Crippen LogP contribution in [0.2, 0.25) is 0 Å². The average Bonchev–Trinajstić information content (AvgIpc) is 1.85. The Balaban J connectivity index is 1.98. The zero-order chi connectivity index (χ0) is 6.97. The highest BCUT2D eigenvalue weighted by Crippen LogP contribution is 2.23. The van der Waals surface area contributed by atoms with Gasteiger partial charge < -0.3 is 14.6 Å². The molecule has 2 unspecified atom stereocenters. The van der Waals surface area contributed by atoms with Crippen LogP contribution in [0.25, 0.3) is 0 Å². The van der Waals surface area contributed by atoms with Gasteiger partial charge in [-0.25, -0.2) is 0 Å². The minimum Gasteiger partial charge on any atom is -0.393 e. The quantitative estimate of drug-likeness (QED) is 0.517. The van der Waals surface area contributed by atoms with Crippen molar-refractivity contribution in [2.75, 3.05) is 13.2 Å². The molecule has 2 heterocycles. The fourth-order valence-corrected chi connectivity index (χ4v) is 1.63. The minimum absolute atomic E-state index is 0.155. The van der Waals surface area contributed by atoms with E-state index in [4.69, 9.17) is 9.47 Å². The fourth-order valence-electron chi connectivity index (χ4n) is 1.63. The number of hydrogen-bond acceptors (Lipinski definition) is 3. The van der Waals surface area contributed by atoms with E-state index in [0.29, 0.717) is 13.2 Å². The van der Waals surface area contributed by atoms with Gasteiger partial charge >= 0.3 is 0 Å². The van der Waals surface area contributed by atoms with Gasteiger partial charge in [0.2, 0.25) is 0 Å². The molecule has 1 N–H and O–H groups in total. The zero-order valence-electron chi connectivity index (χ0n) is 5.82. The second-order valence-electron chi connectivity index (χ2n) is 3.04. The second-order valence-corrected chi connectivity index (χ2v) is 3.04. The minimum atomic E-state index is -0.160. The molecule has 10 heavy (non-hydrogen) atoms. The summed E-state index contributed by atoms with van der Waals surface area (Å²) in [6.07, 6.45) is 1.64. The molecule has 3 nitrogen and oxygen atoms in total. The van der Waals surface area contributed by atoms with Crippen LogP contribution in [0.4, 0.5) is 0 Å². The maximum absolute atomic E-state index is 9.28. The molecule has 0 spiro atoms. The monoisotopic (exact) mass is 144 g/mol. The molecule has 2 aliphatic rings. The SMILES string of the molecule is OC1CC2COCC(C1)O2. The molecule has 2 aliphatic heterocycles. The Morgan fingerprint density at radius 2 is 1.70 bits per heavy atom. The number of ether oxygens (including phenoxy) is 2. The molecule has 3 heteroatoms. The molecule has 0 aromatic rings. The van der Waals surface area contributed by atoms with Crippen molar-refractivity contribution >= 4 is 0 Å². The first-order valence-electron chi connectivity index (χ1n) is 3.76. The summed E-state index contributed by atoms with van der Waals surface area (Å²) < 4.78 is 10.8. The fraction of sp³-hybridized carbons (Fsp3) is 1.00. The Labute approximate surface area is 59.9 Å². The third kappa shape index (κ3) is 1.17. The molecule has 0 aromatic carbocycles. The van der Waals surface area contributed by atoms with Crippen molar-refractivity contribution in [3.8, 4) is 0 Å². The van der Waals surface area contributed by atoms with Crippen molar-refractivity contribution in [1.82, 2.24) is 0 Å². The number of aliphatic hydroxyl groups excluding tert-OH is 1. The highest BCUT2D eigenvalue weighted by molar-refractivity contribution is 4.79. The van der Waals surface area contributed by atoms with Gasteiger partial charge in [-0.1, -0.05) is 0 Å². The smallest absolute Gasteiger partial charge is 0.0838 e. The molecule has 0 aliphatic carbocycles. The van der Waals surface area contributed by atoms with Gasteiger partial charge in [0.15, 0.2) is 0 Å². The molecular weight excluding hydrogens is 132 g/mol. The summed E-state index contributed by atoms with van der Waals surface area (Å²) >= 11 is 0. The molecule has 0 amide bonds. The standard InChI is InChI=1S/C7H12O3/c8-5-1-6-3-9-4-7(2-5)10-6/h5-8H,1-4H2. The van der Waals surface area contributed by atoms with E-state index in [-0.39, 0.29) is 18.3 Å². The van der Waals surface area contributed by atoms with Crippen LogP contribution in [0.5, 0.6) is 0 Å². The normalized spacial score (nSPS) is 47.1. The maximum Gasteiger partial charge on any atom is 0.0838 e. The topological polar surface area (TPSA) is 38.7 Å². The van der Waals surface area contributed by atoms with Gasteiger partial charge in [-0.2, -0.15) is 0 Å². The van der Waals surface area contributed by atoms with Crippen LogP contribution >= 0.6 is 0 Å². The lowest BCUT2D eigenvalue weighted by Gasteiger charge is -2.37. The summed E-state index contributed by atoms with van der Waals surface area (Å²) in [7, 11) is 0. The van der Waals surface area contributed by atoms with Crippen LogP contribution in [0.15, 0.2) is 0 Å². The largest absolute Gasteiger partial charge is 0.393 e. The van der Waals surface area contributed by atoms with Gasteiger partial charge in [-0.15, -0.1) is 0 Å². The lowest BCUT2D eigenvalue weighted by Crippen LogP contribution is -2.44. The molecule has 2 atom stereocenters. The van der Waals surface area contributed by atoms with E-state index in [1.807, 2.05) is 0 Å². The molecule has 0 radical (unpaired) electrons. The van der Waals surface area contributed by atoms with E-state index in [2.05, 4.69) is 0 Å². The van der Waals surface area contributed by atoms with Gasteiger partial charge in [0.25, 0.3) is 0 Å². The molecule has 2 bridgehead atoms. The van der Waals surface area contributed by atoms with Crippen LogP contribution < -0.4 is 0 Å². The van der Waals surface area contributed by atoms with Gasteiger partial charge in [0.05, 0.1) is 31.5 Å². The van der Waals surface area contributed by atoms with Crippen LogP contribution in [-0.4, -0.2) is 36.6 Å². The summed E-state index contributed by atoms with van der Waals surface area (Å²) in [5, 5.41) is 9.28. The van der Waals surface area contributed by atoms with Crippen molar-refractivity contribution in [1.29, 1.82) is 0 Å². The Kier molecular flexibility index (Phi) is 1.64. The van der Waals surface area contributed by atoms with Crippen LogP contribution in [0.1, 0.15) is 12.8 Å². The van der Waals surface area contributed by atoms with E-state index in [9.17, 15) is 5.11 Å². The van der Waals surface area contributed by atoms with Crippen molar-refractivity contribution in [2.24, 2.45) is 0 Å². The molecule has 0 saturated carbocycles. The van der Waals surface area contributed by atoms with Crippen molar-refractivity contribution < 1.29 is 14.6 Å². The first-order valence-corrected chi connectivity index (χ1v) is 3.76. The number of rotatable bonds is 0. The first kappa shape index (κ1) is 6.58. The van der Waals surface area contributed by atoms with Crippen LogP contribution in [0, 0.1) is 0 Å². The number of fused-ring (bicyclic) bond motifs is 2. The third-order valence-corrected chi connectivity index (χ3v) is 2.06. The second kappa shape index (κ2) is 2.49.